The third kappa shape index (κ3) is 4.24. The van der Waals surface area contributed by atoms with Gasteiger partial charge in [0, 0.05) is 5.92 Å². The number of alkyl halides is 12. The number of rotatable bonds is 4. The predicted molar refractivity (Wildman–Crippen MR) is 53.5 cm³/mol. The van der Waals surface area contributed by atoms with E-state index in [0.717, 1.165) is 0 Å². The summed E-state index contributed by atoms with van der Waals surface area (Å²) in [5.41, 5.74) is -5.49. The van der Waals surface area contributed by atoms with Crippen molar-refractivity contribution in [1.82, 2.24) is 0 Å². The van der Waals surface area contributed by atoms with Gasteiger partial charge in [0.2, 0.25) is 0 Å². The van der Waals surface area contributed by atoms with Gasteiger partial charge in [-0.3, -0.25) is 0 Å². The molecule has 1 atom stereocenters. The van der Waals surface area contributed by atoms with Crippen LogP contribution in [-0.2, 0) is 4.74 Å². The van der Waals surface area contributed by atoms with E-state index in [2.05, 4.69) is 4.74 Å². The number of hydrogen-bond acceptors (Lipinski definition) is 3. The quantitative estimate of drug-likeness (QED) is 0.426. The van der Waals surface area contributed by atoms with Crippen molar-refractivity contribution in [3.63, 3.8) is 0 Å². The van der Waals surface area contributed by atoms with Gasteiger partial charge in [-0.1, -0.05) is 6.92 Å². The van der Waals surface area contributed by atoms with Gasteiger partial charge < -0.3 is 14.9 Å². The van der Waals surface area contributed by atoms with E-state index < -0.39 is 54.3 Å². The van der Waals surface area contributed by atoms with Gasteiger partial charge in [0.1, 0.15) is 0 Å². The average Bonchev–Trinajstić information content (AvgIpc) is 2.31. The zero-order chi connectivity index (χ0) is 20.7. The molecule has 0 bridgehead atoms. The van der Waals surface area contributed by atoms with Crippen LogP contribution in [0.25, 0.3) is 0 Å². The highest BCUT2D eigenvalue weighted by Gasteiger charge is 2.74. The smallest absolute Gasteiger partial charge is 0.455 e. The first-order chi connectivity index (χ1) is 10.6. The minimum absolute atomic E-state index is 0.00106. The van der Waals surface area contributed by atoms with Gasteiger partial charge in [-0.25, -0.2) is 0 Å². The Bertz CT molecular complexity index is 455. The SMILES string of the molecule is CC(/C=C/OC(O)(C(F)(F)F)C(F)(F)F)C(O)(C(F)(F)F)C(F)(F)F. The standard InChI is InChI=1S/C10H8F12O3/c1-4(5(23,7(11,12)13)8(14,15)16)2-3-25-6(24,9(17,18)19)10(20,21)22/h2-4,23-24H,1H3/b3-2+. The molecule has 0 heterocycles. The Morgan fingerprint density at radius 2 is 1.00 bits per heavy atom. The summed E-state index contributed by atoms with van der Waals surface area (Å²) < 4.78 is 151. The summed E-state index contributed by atoms with van der Waals surface area (Å²) in [6, 6.07) is 0. The molecule has 0 rings (SSSR count). The third-order valence-corrected chi connectivity index (χ3v) is 2.90. The van der Waals surface area contributed by atoms with Gasteiger partial charge in [-0.05, 0) is 6.08 Å². The van der Waals surface area contributed by atoms with Crippen LogP contribution in [0.2, 0.25) is 0 Å². The molecular formula is C10H8F12O3. The molecule has 0 saturated heterocycles. The minimum atomic E-state index is -6.52. The Morgan fingerprint density at radius 3 is 1.24 bits per heavy atom. The fraction of sp³-hybridized carbons (Fsp3) is 0.800. The van der Waals surface area contributed by atoms with Crippen molar-refractivity contribution < 1.29 is 67.6 Å². The lowest BCUT2D eigenvalue weighted by Crippen LogP contribution is -2.60. The molecular weight excluding hydrogens is 396 g/mol. The number of aliphatic hydroxyl groups is 2. The molecule has 0 aromatic rings. The van der Waals surface area contributed by atoms with Crippen LogP contribution >= 0.6 is 0 Å². The van der Waals surface area contributed by atoms with Crippen molar-refractivity contribution in [3.05, 3.63) is 12.3 Å². The third-order valence-electron chi connectivity index (χ3n) is 2.90. The van der Waals surface area contributed by atoms with Crippen molar-refractivity contribution in [2.24, 2.45) is 5.92 Å². The molecule has 2 N–H and O–H groups in total. The predicted octanol–water partition coefficient (Wildman–Crippen LogP) is 3.82. The maximum Gasteiger partial charge on any atom is 0.465 e. The Hall–Kier alpha value is -1.38. The van der Waals surface area contributed by atoms with Crippen LogP contribution in [0.5, 0.6) is 0 Å². The fourth-order valence-corrected chi connectivity index (χ4v) is 1.37. The largest absolute Gasteiger partial charge is 0.465 e. The summed E-state index contributed by atoms with van der Waals surface area (Å²) in [5, 5.41) is 17.3. The normalized spacial score (nSPS) is 17.1. The Balaban J connectivity index is 5.72. The summed E-state index contributed by atoms with van der Waals surface area (Å²) >= 11 is 0. The molecule has 0 aliphatic heterocycles. The monoisotopic (exact) mass is 404 g/mol. The Kier molecular flexibility index (Phi) is 6.05. The van der Waals surface area contributed by atoms with Crippen LogP contribution in [0, 0.1) is 5.92 Å². The minimum Gasteiger partial charge on any atom is -0.455 e. The maximum atomic E-state index is 12.4. The summed E-state index contributed by atoms with van der Waals surface area (Å²) in [5.74, 6) is -9.01. The van der Waals surface area contributed by atoms with Crippen molar-refractivity contribution in [1.29, 1.82) is 0 Å². The molecule has 0 saturated carbocycles. The lowest BCUT2D eigenvalue weighted by molar-refractivity contribution is -0.445. The maximum absolute atomic E-state index is 12.4. The molecule has 0 amide bonds. The number of hydrogen-bond donors (Lipinski definition) is 2. The second-order valence-electron chi connectivity index (χ2n) is 4.64. The van der Waals surface area contributed by atoms with Crippen LogP contribution in [-0.4, -0.2) is 46.3 Å². The lowest BCUT2D eigenvalue weighted by atomic mass is 9.87. The van der Waals surface area contributed by atoms with Crippen LogP contribution in [0.15, 0.2) is 12.3 Å². The second-order valence-corrected chi connectivity index (χ2v) is 4.64. The molecule has 0 fully saturated rings. The van der Waals surface area contributed by atoms with Gasteiger partial charge >= 0.3 is 30.5 Å². The fourth-order valence-electron chi connectivity index (χ4n) is 1.37. The molecule has 150 valence electrons. The second kappa shape index (κ2) is 6.41. The zero-order valence-electron chi connectivity index (χ0n) is 11.6. The zero-order valence-corrected chi connectivity index (χ0v) is 11.6. The van der Waals surface area contributed by atoms with E-state index in [9.17, 15) is 52.7 Å². The first-order valence-electron chi connectivity index (χ1n) is 5.69. The highest BCUT2D eigenvalue weighted by molar-refractivity contribution is 5.05. The molecule has 1 unspecified atom stereocenters. The van der Waals surface area contributed by atoms with E-state index >= 15 is 0 Å². The van der Waals surface area contributed by atoms with Crippen LogP contribution in [0.3, 0.4) is 0 Å². The van der Waals surface area contributed by atoms with Crippen LogP contribution in [0.4, 0.5) is 52.7 Å². The highest BCUT2D eigenvalue weighted by atomic mass is 19.4. The van der Waals surface area contributed by atoms with Gasteiger partial charge in [0.05, 0.1) is 6.26 Å². The Morgan fingerprint density at radius 1 is 0.680 bits per heavy atom. The van der Waals surface area contributed by atoms with Crippen molar-refractivity contribution in [2.75, 3.05) is 0 Å². The molecule has 0 aromatic heterocycles. The summed E-state index contributed by atoms with van der Waals surface area (Å²) in [6.07, 6.45) is -27.2. The van der Waals surface area contributed by atoms with Crippen molar-refractivity contribution >= 4 is 0 Å². The summed E-state index contributed by atoms with van der Waals surface area (Å²) in [6.45, 7) is 0.00106. The molecule has 0 spiro atoms. The van der Waals surface area contributed by atoms with Gasteiger partial charge in [0.15, 0.2) is 0 Å². The van der Waals surface area contributed by atoms with E-state index in [4.69, 9.17) is 10.2 Å². The van der Waals surface area contributed by atoms with Crippen LogP contribution in [0.1, 0.15) is 6.92 Å². The number of ether oxygens (including phenoxy) is 1. The molecule has 3 nitrogen and oxygen atoms in total. The number of halogens is 12. The topological polar surface area (TPSA) is 49.7 Å². The van der Waals surface area contributed by atoms with Crippen molar-refractivity contribution in [3.8, 4) is 0 Å². The average molecular weight is 404 g/mol. The van der Waals surface area contributed by atoms with E-state index in [1.54, 1.807) is 0 Å². The van der Waals surface area contributed by atoms with Crippen molar-refractivity contribution in [2.45, 2.75) is 43.0 Å². The molecule has 15 heteroatoms. The van der Waals surface area contributed by atoms with E-state index in [1.807, 2.05) is 0 Å². The van der Waals surface area contributed by atoms with E-state index in [0.29, 0.717) is 0 Å². The summed E-state index contributed by atoms with van der Waals surface area (Å²) in [7, 11) is 0. The first-order valence-corrected chi connectivity index (χ1v) is 5.69. The molecule has 0 radical (unpaired) electrons. The van der Waals surface area contributed by atoms with Gasteiger partial charge in [-0.2, -0.15) is 52.7 Å². The lowest BCUT2D eigenvalue weighted by Gasteiger charge is -2.36. The molecule has 0 aliphatic rings. The summed E-state index contributed by atoms with van der Waals surface area (Å²) in [4.78, 5) is 0. The van der Waals surface area contributed by atoms with Gasteiger partial charge in [0.25, 0.3) is 5.60 Å². The van der Waals surface area contributed by atoms with Gasteiger partial charge in [-0.15, -0.1) is 0 Å². The van der Waals surface area contributed by atoms with Crippen LogP contribution < -0.4 is 0 Å². The first kappa shape index (κ1) is 23.6. The van der Waals surface area contributed by atoms with E-state index in [1.165, 1.54) is 0 Å². The van der Waals surface area contributed by atoms with E-state index in [-0.39, 0.29) is 6.92 Å². The highest BCUT2D eigenvalue weighted by Crippen LogP contribution is 2.48. The molecule has 0 aromatic carbocycles. The Labute approximate surface area is 130 Å². The molecule has 25 heavy (non-hydrogen) atoms. The molecule has 0 aliphatic carbocycles.